The zero-order valence-electron chi connectivity index (χ0n) is 19.8. The maximum Gasteiger partial charge on any atom is 0.262 e. The molecule has 0 aromatic heterocycles. The molecule has 1 aliphatic rings. The number of nitrogens with one attached hydrogen (secondary N) is 1. The minimum Gasteiger partial charge on any atom is -0.483 e. The number of hydrogen-bond acceptors (Lipinski definition) is 4. The highest BCUT2D eigenvalue weighted by Gasteiger charge is 2.20. The quantitative estimate of drug-likeness (QED) is 0.303. The fourth-order valence-corrected chi connectivity index (χ4v) is 5.01. The SMILES string of the molecule is O=C(COc1cccc2ccccc12)Nc1ccc(N2CCN(Cc3ccccc3Cl)CC2)c(Cl)c1. The highest BCUT2D eigenvalue weighted by Crippen LogP contribution is 2.30. The van der Waals surface area contributed by atoms with Crippen LogP contribution in [-0.2, 0) is 11.3 Å². The zero-order chi connectivity index (χ0) is 24.9. The number of nitrogens with zero attached hydrogens (tertiary/aromatic N) is 2. The number of carbonyl (C=O) groups is 1. The molecule has 0 aliphatic carbocycles. The number of rotatable bonds is 7. The first-order valence-corrected chi connectivity index (χ1v) is 12.7. The van der Waals surface area contributed by atoms with E-state index in [9.17, 15) is 4.79 Å². The molecule has 1 amide bonds. The van der Waals surface area contributed by atoms with Gasteiger partial charge in [-0.2, -0.15) is 0 Å². The molecule has 36 heavy (non-hydrogen) atoms. The summed E-state index contributed by atoms with van der Waals surface area (Å²) in [6.07, 6.45) is 0. The van der Waals surface area contributed by atoms with Crippen molar-refractivity contribution >= 4 is 51.3 Å². The third-order valence-electron chi connectivity index (χ3n) is 6.40. The highest BCUT2D eigenvalue weighted by atomic mass is 35.5. The van der Waals surface area contributed by atoms with Crippen LogP contribution in [0, 0.1) is 0 Å². The largest absolute Gasteiger partial charge is 0.483 e. The Bertz CT molecular complexity index is 1360. The lowest BCUT2D eigenvalue weighted by molar-refractivity contribution is -0.118. The molecule has 1 fully saturated rings. The number of fused-ring (bicyclic) bond motifs is 1. The standard InChI is InChI=1S/C29H27Cl2N3O2/c30-25-10-4-2-7-22(25)19-33-14-16-34(17-15-33)27-13-12-23(18-26(27)31)32-29(35)20-36-28-11-5-8-21-6-1-3-9-24(21)28/h1-13,18H,14-17,19-20H2,(H,32,35). The summed E-state index contributed by atoms with van der Waals surface area (Å²) in [6, 6.07) is 27.4. The first kappa shape index (κ1) is 24.4. The normalized spacial score (nSPS) is 14.1. The number of anilines is 2. The van der Waals surface area contributed by atoms with E-state index >= 15 is 0 Å². The Morgan fingerprint density at radius 2 is 1.58 bits per heavy atom. The van der Waals surface area contributed by atoms with Gasteiger partial charge in [0.15, 0.2) is 6.61 Å². The van der Waals surface area contributed by atoms with Crippen molar-refractivity contribution in [3.8, 4) is 5.75 Å². The summed E-state index contributed by atoms with van der Waals surface area (Å²) < 4.78 is 5.80. The van der Waals surface area contributed by atoms with Gasteiger partial charge in [0.25, 0.3) is 5.91 Å². The van der Waals surface area contributed by atoms with E-state index in [0.717, 1.165) is 59.8 Å². The van der Waals surface area contributed by atoms with E-state index in [1.165, 1.54) is 0 Å². The van der Waals surface area contributed by atoms with Gasteiger partial charge in [-0.3, -0.25) is 9.69 Å². The molecule has 1 heterocycles. The van der Waals surface area contributed by atoms with Gasteiger partial charge in [0, 0.05) is 48.8 Å². The van der Waals surface area contributed by atoms with Gasteiger partial charge in [-0.25, -0.2) is 0 Å². The lowest BCUT2D eigenvalue weighted by Crippen LogP contribution is -2.46. The zero-order valence-corrected chi connectivity index (χ0v) is 21.3. The van der Waals surface area contributed by atoms with Crippen LogP contribution in [0.3, 0.4) is 0 Å². The van der Waals surface area contributed by atoms with Crippen molar-refractivity contribution in [3.05, 3.63) is 101 Å². The monoisotopic (exact) mass is 519 g/mol. The minimum absolute atomic E-state index is 0.0826. The van der Waals surface area contributed by atoms with Gasteiger partial charge in [-0.1, -0.05) is 77.8 Å². The summed E-state index contributed by atoms with van der Waals surface area (Å²) in [5.74, 6) is 0.449. The van der Waals surface area contributed by atoms with Gasteiger partial charge in [0.2, 0.25) is 0 Å². The molecule has 5 nitrogen and oxygen atoms in total. The van der Waals surface area contributed by atoms with Crippen molar-refractivity contribution in [3.63, 3.8) is 0 Å². The number of hydrogen-bond donors (Lipinski definition) is 1. The van der Waals surface area contributed by atoms with Crippen LogP contribution >= 0.6 is 23.2 Å². The van der Waals surface area contributed by atoms with E-state index in [-0.39, 0.29) is 12.5 Å². The number of piperazine rings is 1. The molecule has 0 unspecified atom stereocenters. The van der Waals surface area contributed by atoms with Crippen molar-refractivity contribution in [1.29, 1.82) is 0 Å². The summed E-state index contributed by atoms with van der Waals surface area (Å²) in [7, 11) is 0. The van der Waals surface area contributed by atoms with Gasteiger partial charge in [-0.15, -0.1) is 0 Å². The van der Waals surface area contributed by atoms with Gasteiger partial charge < -0.3 is 15.0 Å². The van der Waals surface area contributed by atoms with Gasteiger partial charge >= 0.3 is 0 Å². The minimum atomic E-state index is -0.236. The third-order valence-corrected chi connectivity index (χ3v) is 7.08. The molecule has 5 rings (SSSR count). The summed E-state index contributed by atoms with van der Waals surface area (Å²) in [5.41, 5.74) is 2.77. The molecule has 1 N–H and O–H groups in total. The van der Waals surface area contributed by atoms with Crippen molar-refractivity contribution in [2.24, 2.45) is 0 Å². The van der Waals surface area contributed by atoms with E-state index in [1.54, 1.807) is 6.07 Å². The summed E-state index contributed by atoms with van der Waals surface area (Å²) in [5, 5.41) is 6.36. The molecule has 4 aromatic carbocycles. The highest BCUT2D eigenvalue weighted by molar-refractivity contribution is 6.33. The van der Waals surface area contributed by atoms with Crippen LogP contribution in [0.1, 0.15) is 5.56 Å². The smallest absolute Gasteiger partial charge is 0.262 e. The Labute approximate surface area is 221 Å². The fourth-order valence-electron chi connectivity index (χ4n) is 4.52. The van der Waals surface area contributed by atoms with Gasteiger partial charge in [0.1, 0.15) is 5.75 Å². The lowest BCUT2D eigenvalue weighted by atomic mass is 10.1. The average Bonchev–Trinajstić information content (AvgIpc) is 2.89. The van der Waals surface area contributed by atoms with Gasteiger partial charge in [0.05, 0.1) is 10.7 Å². The molecule has 7 heteroatoms. The maximum absolute atomic E-state index is 12.5. The predicted octanol–water partition coefficient (Wildman–Crippen LogP) is 6.49. The van der Waals surface area contributed by atoms with Crippen molar-refractivity contribution in [2.45, 2.75) is 6.54 Å². The van der Waals surface area contributed by atoms with Gasteiger partial charge in [-0.05, 0) is 41.3 Å². The van der Waals surface area contributed by atoms with E-state index in [0.29, 0.717) is 16.5 Å². The average molecular weight is 520 g/mol. The first-order valence-electron chi connectivity index (χ1n) is 12.0. The molecule has 0 bridgehead atoms. The molecule has 1 saturated heterocycles. The number of ether oxygens (including phenoxy) is 1. The van der Waals surface area contributed by atoms with E-state index in [4.69, 9.17) is 27.9 Å². The van der Waals surface area contributed by atoms with Crippen LogP contribution in [0.5, 0.6) is 5.75 Å². The topological polar surface area (TPSA) is 44.8 Å². The van der Waals surface area contributed by atoms with Crippen molar-refractivity contribution < 1.29 is 9.53 Å². The second kappa shape index (κ2) is 11.2. The lowest BCUT2D eigenvalue weighted by Gasteiger charge is -2.36. The first-order chi connectivity index (χ1) is 17.6. The molecule has 0 radical (unpaired) electrons. The van der Waals surface area contributed by atoms with Crippen LogP contribution in [0.15, 0.2) is 84.9 Å². The molecule has 0 saturated carbocycles. The summed E-state index contributed by atoms with van der Waals surface area (Å²) in [4.78, 5) is 17.2. The van der Waals surface area contributed by atoms with Crippen LogP contribution in [0.4, 0.5) is 11.4 Å². The van der Waals surface area contributed by atoms with E-state index in [2.05, 4.69) is 21.2 Å². The number of amides is 1. The molecular formula is C29H27Cl2N3O2. The second-order valence-corrected chi connectivity index (χ2v) is 9.65. The molecule has 4 aromatic rings. The number of halogens is 2. The third kappa shape index (κ3) is 5.76. The summed E-state index contributed by atoms with van der Waals surface area (Å²) in [6.45, 7) is 4.34. The maximum atomic E-state index is 12.5. The molecule has 184 valence electrons. The Morgan fingerprint density at radius 1 is 0.833 bits per heavy atom. The molecular weight excluding hydrogens is 493 g/mol. The molecule has 0 spiro atoms. The van der Waals surface area contributed by atoms with Crippen molar-refractivity contribution in [2.75, 3.05) is 43.0 Å². The van der Waals surface area contributed by atoms with Crippen LogP contribution in [-0.4, -0.2) is 43.6 Å². The van der Waals surface area contributed by atoms with Crippen LogP contribution in [0.25, 0.3) is 10.8 Å². The Balaban J connectivity index is 1.15. The number of benzene rings is 4. The second-order valence-electron chi connectivity index (χ2n) is 8.83. The Hall–Kier alpha value is -3.25. The van der Waals surface area contributed by atoms with E-state index < -0.39 is 0 Å². The molecule has 0 atom stereocenters. The molecule has 1 aliphatic heterocycles. The predicted molar refractivity (Wildman–Crippen MR) is 148 cm³/mol. The van der Waals surface area contributed by atoms with Crippen LogP contribution in [0.2, 0.25) is 10.0 Å². The number of carbonyl (C=O) groups excluding carboxylic acids is 1. The van der Waals surface area contributed by atoms with Crippen molar-refractivity contribution in [1.82, 2.24) is 4.90 Å². The fraction of sp³-hybridized carbons (Fsp3) is 0.207. The van der Waals surface area contributed by atoms with E-state index in [1.807, 2.05) is 72.8 Å². The Morgan fingerprint density at radius 3 is 2.39 bits per heavy atom. The van der Waals surface area contributed by atoms with Crippen LogP contribution < -0.4 is 15.0 Å². The Kier molecular flexibility index (Phi) is 7.61. The summed E-state index contributed by atoms with van der Waals surface area (Å²) >= 11 is 12.9.